The standard InChI is InChI=1S/C12H15Cl2N/c1-15-6-2-3-11(15)7-9-4-5-10(13)8-12(9)14/h4-5,8,11H,2-3,6-7H2,1H3. The molecule has 1 aliphatic rings. The van der Waals surface area contributed by atoms with Crippen LogP contribution in [0.5, 0.6) is 0 Å². The van der Waals surface area contributed by atoms with Gasteiger partial charge in [-0.3, -0.25) is 0 Å². The van der Waals surface area contributed by atoms with Crippen LogP contribution < -0.4 is 0 Å². The number of likely N-dealkylation sites (tertiary alicyclic amines) is 1. The fraction of sp³-hybridized carbons (Fsp3) is 0.500. The zero-order valence-electron chi connectivity index (χ0n) is 8.84. The minimum absolute atomic E-state index is 0.642. The van der Waals surface area contributed by atoms with Crippen LogP contribution in [0.2, 0.25) is 10.0 Å². The molecule has 1 aromatic carbocycles. The van der Waals surface area contributed by atoms with Crippen LogP contribution in [-0.4, -0.2) is 24.5 Å². The Morgan fingerprint density at radius 1 is 1.40 bits per heavy atom. The summed E-state index contributed by atoms with van der Waals surface area (Å²) in [6, 6.07) is 6.42. The highest BCUT2D eigenvalue weighted by Gasteiger charge is 2.21. The lowest BCUT2D eigenvalue weighted by Gasteiger charge is -2.19. The third-order valence-corrected chi connectivity index (χ3v) is 3.73. The summed E-state index contributed by atoms with van der Waals surface area (Å²) in [6.45, 7) is 1.20. The van der Waals surface area contributed by atoms with Crippen LogP contribution >= 0.6 is 23.2 Å². The van der Waals surface area contributed by atoms with E-state index in [0.29, 0.717) is 11.1 Å². The van der Waals surface area contributed by atoms with Crippen molar-refractivity contribution in [2.45, 2.75) is 25.3 Å². The molecule has 0 radical (unpaired) electrons. The summed E-state index contributed by atoms with van der Waals surface area (Å²) in [5.41, 5.74) is 1.21. The second-order valence-corrected chi connectivity index (χ2v) is 5.06. The van der Waals surface area contributed by atoms with Crippen molar-refractivity contribution < 1.29 is 0 Å². The summed E-state index contributed by atoms with van der Waals surface area (Å²) in [7, 11) is 2.18. The number of halogens is 2. The number of hydrogen-bond acceptors (Lipinski definition) is 1. The van der Waals surface area contributed by atoms with E-state index in [1.807, 2.05) is 18.2 Å². The van der Waals surface area contributed by atoms with Gasteiger partial charge >= 0.3 is 0 Å². The third kappa shape index (κ3) is 2.66. The molecule has 3 heteroatoms. The molecule has 0 N–H and O–H groups in total. The maximum Gasteiger partial charge on any atom is 0.0453 e. The lowest BCUT2D eigenvalue weighted by Crippen LogP contribution is -2.26. The molecule has 1 heterocycles. The number of likely N-dealkylation sites (N-methyl/N-ethyl adjacent to an activating group) is 1. The van der Waals surface area contributed by atoms with Gasteiger partial charge in [-0.25, -0.2) is 0 Å². The van der Waals surface area contributed by atoms with Crippen molar-refractivity contribution in [1.29, 1.82) is 0 Å². The molecule has 82 valence electrons. The molecule has 0 bridgehead atoms. The highest BCUT2D eigenvalue weighted by Crippen LogP contribution is 2.25. The summed E-state index contributed by atoms with van der Waals surface area (Å²) in [5, 5.41) is 1.51. The quantitative estimate of drug-likeness (QED) is 0.767. The van der Waals surface area contributed by atoms with Crippen LogP contribution in [0, 0.1) is 0 Å². The van der Waals surface area contributed by atoms with Gasteiger partial charge in [-0.1, -0.05) is 29.3 Å². The Balaban J connectivity index is 2.10. The van der Waals surface area contributed by atoms with Crippen molar-refractivity contribution in [3.8, 4) is 0 Å². The average Bonchev–Trinajstić information content (AvgIpc) is 2.57. The monoisotopic (exact) mass is 243 g/mol. The largest absolute Gasteiger partial charge is 0.303 e. The molecule has 2 rings (SSSR count). The minimum atomic E-state index is 0.642. The molecule has 1 aromatic rings. The summed E-state index contributed by atoms with van der Waals surface area (Å²) in [6.07, 6.45) is 3.61. The van der Waals surface area contributed by atoms with E-state index in [1.165, 1.54) is 24.9 Å². The highest BCUT2D eigenvalue weighted by atomic mass is 35.5. The Morgan fingerprint density at radius 2 is 2.20 bits per heavy atom. The van der Waals surface area contributed by atoms with Crippen LogP contribution in [-0.2, 0) is 6.42 Å². The normalized spacial score (nSPS) is 22.2. The van der Waals surface area contributed by atoms with Crippen molar-refractivity contribution in [2.24, 2.45) is 0 Å². The van der Waals surface area contributed by atoms with E-state index in [2.05, 4.69) is 11.9 Å². The summed E-state index contributed by atoms with van der Waals surface area (Å²) in [5.74, 6) is 0. The second kappa shape index (κ2) is 4.73. The van der Waals surface area contributed by atoms with E-state index in [-0.39, 0.29) is 0 Å². The van der Waals surface area contributed by atoms with Gasteiger partial charge in [0.2, 0.25) is 0 Å². The third-order valence-electron chi connectivity index (χ3n) is 3.14. The Kier molecular flexibility index (Phi) is 3.55. The van der Waals surface area contributed by atoms with Gasteiger partial charge in [0.05, 0.1) is 0 Å². The predicted molar refractivity (Wildman–Crippen MR) is 65.8 cm³/mol. The summed E-state index contributed by atoms with van der Waals surface area (Å²) in [4.78, 5) is 2.41. The Bertz CT molecular complexity index is 351. The number of hydrogen-bond donors (Lipinski definition) is 0. The smallest absolute Gasteiger partial charge is 0.0453 e. The van der Waals surface area contributed by atoms with Crippen LogP contribution in [0.1, 0.15) is 18.4 Å². The molecule has 0 aliphatic carbocycles. The highest BCUT2D eigenvalue weighted by molar-refractivity contribution is 6.35. The Labute approximate surface area is 101 Å². The number of nitrogens with zero attached hydrogens (tertiary/aromatic N) is 1. The first-order valence-electron chi connectivity index (χ1n) is 5.31. The Morgan fingerprint density at radius 3 is 2.80 bits per heavy atom. The fourth-order valence-electron chi connectivity index (χ4n) is 2.18. The van der Waals surface area contributed by atoms with Gasteiger partial charge in [-0.2, -0.15) is 0 Å². The molecule has 1 nitrogen and oxygen atoms in total. The molecule has 1 unspecified atom stereocenters. The number of rotatable bonds is 2. The summed E-state index contributed by atoms with van der Waals surface area (Å²) < 4.78 is 0. The van der Waals surface area contributed by atoms with Crippen molar-refractivity contribution in [1.82, 2.24) is 4.90 Å². The molecule has 0 aromatic heterocycles. The maximum atomic E-state index is 6.15. The zero-order valence-corrected chi connectivity index (χ0v) is 10.4. The SMILES string of the molecule is CN1CCCC1Cc1ccc(Cl)cc1Cl. The number of benzene rings is 1. The van der Waals surface area contributed by atoms with Crippen molar-refractivity contribution in [2.75, 3.05) is 13.6 Å². The van der Waals surface area contributed by atoms with Crippen molar-refractivity contribution >= 4 is 23.2 Å². The van der Waals surface area contributed by atoms with E-state index in [0.717, 1.165) is 11.4 Å². The first-order chi connectivity index (χ1) is 7.16. The predicted octanol–water partition coefficient (Wildman–Crippen LogP) is 3.63. The molecule has 15 heavy (non-hydrogen) atoms. The fourth-order valence-corrected chi connectivity index (χ4v) is 2.66. The molecule has 0 amide bonds. The van der Waals surface area contributed by atoms with Gasteiger partial charge in [0.25, 0.3) is 0 Å². The molecular weight excluding hydrogens is 229 g/mol. The van der Waals surface area contributed by atoms with Gasteiger partial charge in [-0.05, 0) is 50.6 Å². The van der Waals surface area contributed by atoms with Crippen LogP contribution in [0.3, 0.4) is 0 Å². The molecule has 1 fully saturated rings. The molecule has 0 saturated carbocycles. The van der Waals surface area contributed by atoms with E-state index in [9.17, 15) is 0 Å². The van der Waals surface area contributed by atoms with E-state index in [4.69, 9.17) is 23.2 Å². The van der Waals surface area contributed by atoms with Crippen molar-refractivity contribution in [3.63, 3.8) is 0 Å². The lowest BCUT2D eigenvalue weighted by molar-refractivity contribution is 0.309. The zero-order chi connectivity index (χ0) is 10.8. The molecule has 1 saturated heterocycles. The maximum absolute atomic E-state index is 6.15. The average molecular weight is 244 g/mol. The summed E-state index contributed by atoms with van der Waals surface area (Å²) >= 11 is 12.0. The van der Waals surface area contributed by atoms with Crippen LogP contribution in [0.15, 0.2) is 18.2 Å². The van der Waals surface area contributed by atoms with E-state index >= 15 is 0 Å². The van der Waals surface area contributed by atoms with Gasteiger partial charge in [-0.15, -0.1) is 0 Å². The van der Waals surface area contributed by atoms with Crippen LogP contribution in [0.25, 0.3) is 0 Å². The topological polar surface area (TPSA) is 3.24 Å². The Hall–Kier alpha value is -0.240. The second-order valence-electron chi connectivity index (χ2n) is 4.22. The van der Waals surface area contributed by atoms with Gasteiger partial charge in [0.1, 0.15) is 0 Å². The minimum Gasteiger partial charge on any atom is -0.303 e. The van der Waals surface area contributed by atoms with E-state index < -0.39 is 0 Å². The van der Waals surface area contributed by atoms with Crippen LogP contribution in [0.4, 0.5) is 0 Å². The molecule has 1 aliphatic heterocycles. The first kappa shape index (κ1) is 11.3. The van der Waals surface area contributed by atoms with Gasteiger partial charge in [0.15, 0.2) is 0 Å². The van der Waals surface area contributed by atoms with Crippen molar-refractivity contribution in [3.05, 3.63) is 33.8 Å². The molecule has 1 atom stereocenters. The van der Waals surface area contributed by atoms with Gasteiger partial charge < -0.3 is 4.90 Å². The van der Waals surface area contributed by atoms with Gasteiger partial charge in [0, 0.05) is 16.1 Å². The molecule has 0 spiro atoms. The molecular formula is C12H15Cl2N. The lowest BCUT2D eigenvalue weighted by atomic mass is 10.0. The first-order valence-corrected chi connectivity index (χ1v) is 6.06. The van der Waals surface area contributed by atoms with E-state index in [1.54, 1.807) is 0 Å².